The summed E-state index contributed by atoms with van der Waals surface area (Å²) in [5.74, 6) is 0. The fraction of sp³-hybridized carbons (Fsp3) is 0.455. The Labute approximate surface area is 107 Å². The van der Waals surface area contributed by atoms with Crippen LogP contribution in [0.2, 0.25) is 0 Å². The van der Waals surface area contributed by atoms with E-state index in [-0.39, 0.29) is 6.04 Å². The number of hydrogen-bond donors (Lipinski definition) is 2. The Morgan fingerprint density at radius 3 is 2.67 bits per heavy atom. The van der Waals surface area contributed by atoms with Crippen LogP contribution in [0.25, 0.3) is 0 Å². The van der Waals surface area contributed by atoms with E-state index in [1.807, 2.05) is 25.1 Å². The number of rotatable bonds is 4. The number of hydrogen-bond acceptors (Lipinski definition) is 2. The molecule has 0 aliphatic carbocycles. The number of nitrogens with two attached hydrogens (primary N) is 1. The smallest absolute Gasteiger partial charge is 0.0733 e. The van der Waals surface area contributed by atoms with E-state index >= 15 is 0 Å². The minimum atomic E-state index is -0.486. The molecule has 0 aliphatic rings. The summed E-state index contributed by atoms with van der Waals surface area (Å²) >= 11 is 6.83. The summed E-state index contributed by atoms with van der Waals surface area (Å²) in [6, 6.07) is 5.47. The molecule has 2 atom stereocenters. The van der Waals surface area contributed by atoms with Crippen molar-refractivity contribution in [3.63, 3.8) is 0 Å². The van der Waals surface area contributed by atoms with E-state index in [4.69, 9.17) is 5.73 Å². The van der Waals surface area contributed by atoms with Crippen molar-refractivity contribution in [1.82, 2.24) is 0 Å². The van der Waals surface area contributed by atoms with Crippen molar-refractivity contribution in [1.29, 1.82) is 0 Å². The van der Waals surface area contributed by atoms with Gasteiger partial charge in [-0.1, -0.05) is 45.2 Å². The lowest BCUT2D eigenvalue weighted by Crippen LogP contribution is -2.26. The average molecular weight is 337 g/mol. The summed E-state index contributed by atoms with van der Waals surface area (Å²) in [5.41, 5.74) is 6.93. The first-order valence-corrected chi connectivity index (χ1v) is 6.53. The normalized spacial score (nSPS) is 15.0. The van der Waals surface area contributed by atoms with Crippen molar-refractivity contribution in [2.24, 2.45) is 5.73 Å². The summed E-state index contributed by atoms with van der Waals surface area (Å²) in [6.45, 7) is 2.03. The van der Waals surface area contributed by atoms with Gasteiger partial charge in [0.2, 0.25) is 0 Å². The van der Waals surface area contributed by atoms with E-state index in [1.54, 1.807) is 0 Å². The molecule has 1 rings (SSSR count). The quantitative estimate of drug-likeness (QED) is 0.885. The molecule has 0 saturated carbocycles. The van der Waals surface area contributed by atoms with Gasteiger partial charge in [-0.2, -0.15) is 0 Å². The van der Waals surface area contributed by atoms with Crippen LogP contribution in [-0.2, 0) is 0 Å². The van der Waals surface area contributed by atoms with Gasteiger partial charge in [-0.25, -0.2) is 0 Å². The highest BCUT2D eigenvalue weighted by Gasteiger charge is 2.18. The molecule has 0 aliphatic heterocycles. The number of halogens is 2. The predicted octanol–water partition coefficient (Wildman–Crippen LogP) is 3.37. The van der Waals surface area contributed by atoms with Crippen molar-refractivity contribution in [3.8, 4) is 0 Å². The second-order valence-corrected chi connectivity index (χ2v) is 5.32. The van der Waals surface area contributed by atoms with Gasteiger partial charge >= 0.3 is 0 Å². The summed E-state index contributed by atoms with van der Waals surface area (Å²) in [7, 11) is 0. The molecule has 15 heavy (non-hydrogen) atoms. The van der Waals surface area contributed by atoms with Gasteiger partial charge in [0, 0.05) is 8.95 Å². The van der Waals surface area contributed by atoms with E-state index in [1.165, 1.54) is 0 Å². The van der Waals surface area contributed by atoms with Gasteiger partial charge in [-0.15, -0.1) is 0 Å². The lowest BCUT2D eigenvalue weighted by atomic mass is 9.99. The maximum absolute atomic E-state index is 9.83. The standard InChI is InChI=1S/C11H15Br2NO/c1-2-3-10(15)11(14)8-6-7(12)4-5-9(8)13/h4-6,10-11,15H,2-3,14H2,1H3/t10-,11+/m0/s1. The third-order valence-corrected chi connectivity index (χ3v) is 3.53. The molecule has 0 spiro atoms. The van der Waals surface area contributed by atoms with E-state index in [0.717, 1.165) is 27.4 Å². The van der Waals surface area contributed by atoms with E-state index < -0.39 is 6.10 Å². The molecule has 1 aromatic carbocycles. The molecule has 0 saturated heterocycles. The van der Waals surface area contributed by atoms with Crippen molar-refractivity contribution in [2.75, 3.05) is 0 Å². The Morgan fingerprint density at radius 2 is 2.07 bits per heavy atom. The van der Waals surface area contributed by atoms with Crippen LogP contribution >= 0.6 is 31.9 Å². The average Bonchev–Trinajstić information content (AvgIpc) is 2.21. The molecular formula is C11H15Br2NO. The summed E-state index contributed by atoms with van der Waals surface area (Å²) in [5, 5.41) is 9.83. The van der Waals surface area contributed by atoms with Crippen LogP contribution in [0.5, 0.6) is 0 Å². The second kappa shape index (κ2) is 5.99. The summed E-state index contributed by atoms with van der Waals surface area (Å²) in [4.78, 5) is 0. The van der Waals surface area contributed by atoms with E-state index in [2.05, 4.69) is 31.9 Å². The van der Waals surface area contributed by atoms with Gasteiger partial charge in [0.05, 0.1) is 12.1 Å². The largest absolute Gasteiger partial charge is 0.391 e. The molecule has 0 amide bonds. The lowest BCUT2D eigenvalue weighted by molar-refractivity contribution is 0.134. The molecule has 3 N–H and O–H groups in total. The monoisotopic (exact) mass is 335 g/mol. The molecule has 0 unspecified atom stereocenters. The minimum Gasteiger partial charge on any atom is -0.391 e. The predicted molar refractivity (Wildman–Crippen MR) is 69.7 cm³/mol. The molecular weight excluding hydrogens is 322 g/mol. The number of aliphatic hydroxyl groups excluding tert-OH is 1. The molecule has 84 valence electrons. The molecule has 0 fully saturated rings. The SMILES string of the molecule is CCC[C@H](O)[C@H](N)c1cc(Br)ccc1Br. The van der Waals surface area contributed by atoms with Crippen LogP contribution in [0.15, 0.2) is 27.1 Å². The van der Waals surface area contributed by atoms with Gasteiger partial charge in [0.25, 0.3) is 0 Å². The van der Waals surface area contributed by atoms with Crippen LogP contribution in [0, 0.1) is 0 Å². The van der Waals surface area contributed by atoms with Gasteiger partial charge in [-0.05, 0) is 30.2 Å². The number of benzene rings is 1. The molecule has 0 bridgehead atoms. The third-order valence-electron chi connectivity index (χ3n) is 2.32. The Kier molecular flexibility index (Phi) is 5.26. The first-order chi connectivity index (χ1) is 7.06. The summed E-state index contributed by atoms with van der Waals surface area (Å²) < 4.78 is 1.91. The van der Waals surface area contributed by atoms with Crippen LogP contribution in [0.4, 0.5) is 0 Å². The lowest BCUT2D eigenvalue weighted by Gasteiger charge is -2.20. The second-order valence-electron chi connectivity index (χ2n) is 3.55. The molecule has 1 aromatic rings. The number of aliphatic hydroxyl groups is 1. The maximum Gasteiger partial charge on any atom is 0.0733 e. The first-order valence-electron chi connectivity index (χ1n) is 4.94. The fourth-order valence-electron chi connectivity index (χ4n) is 1.45. The molecule has 0 aromatic heterocycles. The van der Waals surface area contributed by atoms with Gasteiger partial charge < -0.3 is 10.8 Å². The van der Waals surface area contributed by atoms with Crippen molar-refractivity contribution >= 4 is 31.9 Å². The van der Waals surface area contributed by atoms with Gasteiger partial charge in [-0.3, -0.25) is 0 Å². The fourth-order valence-corrected chi connectivity index (χ4v) is 2.34. The van der Waals surface area contributed by atoms with Crippen LogP contribution < -0.4 is 5.73 Å². The molecule has 0 heterocycles. The third kappa shape index (κ3) is 3.55. The first kappa shape index (κ1) is 13.2. The zero-order chi connectivity index (χ0) is 11.4. The zero-order valence-corrected chi connectivity index (χ0v) is 11.8. The molecule has 4 heteroatoms. The minimum absolute atomic E-state index is 0.336. The zero-order valence-electron chi connectivity index (χ0n) is 8.58. The Hall–Kier alpha value is 0.1000. The topological polar surface area (TPSA) is 46.2 Å². The van der Waals surface area contributed by atoms with E-state index in [9.17, 15) is 5.11 Å². The molecule has 0 radical (unpaired) electrons. The highest BCUT2D eigenvalue weighted by atomic mass is 79.9. The van der Waals surface area contributed by atoms with Gasteiger partial charge in [0.15, 0.2) is 0 Å². The Morgan fingerprint density at radius 1 is 1.40 bits per heavy atom. The molecule has 2 nitrogen and oxygen atoms in total. The van der Waals surface area contributed by atoms with Gasteiger partial charge in [0.1, 0.15) is 0 Å². The van der Waals surface area contributed by atoms with Crippen LogP contribution in [0.1, 0.15) is 31.4 Å². The van der Waals surface area contributed by atoms with Crippen LogP contribution in [0.3, 0.4) is 0 Å². The Bertz CT molecular complexity index is 330. The maximum atomic E-state index is 9.83. The highest BCUT2D eigenvalue weighted by molar-refractivity contribution is 9.11. The Balaban J connectivity index is 2.89. The highest BCUT2D eigenvalue weighted by Crippen LogP contribution is 2.28. The van der Waals surface area contributed by atoms with Crippen LogP contribution in [-0.4, -0.2) is 11.2 Å². The van der Waals surface area contributed by atoms with Crippen molar-refractivity contribution in [3.05, 3.63) is 32.7 Å². The summed E-state index contributed by atoms with van der Waals surface area (Å²) in [6.07, 6.45) is 1.17. The van der Waals surface area contributed by atoms with Crippen molar-refractivity contribution < 1.29 is 5.11 Å². The van der Waals surface area contributed by atoms with Crippen molar-refractivity contribution in [2.45, 2.75) is 31.9 Å². The van der Waals surface area contributed by atoms with E-state index in [0.29, 0.717) is 0 Å².